The Balaban J connectivity index is 1.60. The number of amides is 1. The molecule has 96 valence electrons. The van der Waals surface area contributed by atoms with E-state index < -0.39 is 0 Å². The van der Waals surface area contributed by atoms with Crippen molar-refractivity contribution in [3.8, 4) is 5.75 Å². The van der Waals surface area contributed by atoms with Gasteiger partial charge in [-0.3, -0.25) is 4.79 Å². The fraction of sp³-hybridized carbons (Fsp3) is 0.533. The van der Waals surface area contributed by atoms with Crippen molar-refractivity contribution in [2.24, 2.45) is 17.8 Å². The minimum Gasteiger partial charge on any atom is -0.497 e. The zero-order valence-electron chi connectivity index (χ0n) is 10.7. The molecule has 1 aromatic carbocycles. The van der Waals surface area contributed by atoms with Crippen LogP contribution in [0.15, 0.2) is 24.3 Å². The van der Waals surface area contributed by atoms with Crippen LogP contribution in [-0.2, 0) is 4.79 Å². The van der Waals surface area contributed by atoms with E-state index in [9.17, 15) is 4.79 Å². The van der Waals surface area contributed by atoms with Gasteiger partial charge in [0.1, 0.15) is 5.75 Å². The summed E-state index contributed by atoms with van der Waals surface area (Å²) in [7, 11) is 1.64. The highest BCUT2D eigenvalue weighted by molar-refractivity contribution is 5.94. The van der Waals surface area contributed by atoms with Gasteiger partial charge in [0.2, 0.25) is 5.91 Å². The third-order valence-electron chi connectivity index (χ3n) is 4.32. The molecule has 3 heteroatoms. The molecule has 2 unspecified atom stereocenters. The summed E-state index contributed by atoms with van der Waals surface area (Å²) in [5, 5.41) is 3.02. The van der Waals surface area contributed by atoms with Gasteiger partial charge in [-0.2, -0.15) is 0 Å². The first-order valence-electron chi connectivity index (χ1n) is 6.74. The zero-order chi connectivity index (χ0) is 12.5. The minimum atomic E-state index is 0.206. The van der Waals surface area contributed by atoms with Gasteiger partial charge in [-0.25, -0.2) is 0 Å². The smallest absolute Gasteiger partial charge is 0.228 e. The van der Waals surface area contributed by atoms with Gasteiger partial charge in [0.15, 0.2) is 0 Å². The van der Waals surface area contributed by atoms with E-state index in [0.717, 1.165) is 11.4 Å². The zero-order valence-corrected chi connectivity index (χ0v) is 10.7. The highest BCUT2D eigenvalue weighted by Crippen LogP contribution is 2.55. The lowest BCUT2D eigenvalue weighted by Gasteiger charge is -2.05. The van der Waals surface area contributed by atoms with E-state index in [1.54, 1.807) is 7.11 Å². The van der Waals surface area contributed by atoms with Crippen molar-refractivity contribution in [2.45, 2.75) is 25.7 Å². The second kappa shape index (κ2) is 4.63. The number of anilines is 1. The number of methoxy groups -OCH3 is 1. The molecule has 3 nitrogen and oxygen atoms in total. The Bertz CT molecular complexity index is 428. The van der Waals surface area contributed by atoms with Crippen LogP contribution in [0.4, 0.5) is 5.69 Å². The summed E-state index contributed by atoms with van der Waals surface area (Å²) in [6.07, 6.45) is 5.08. The van der Waals surface area contributed by atoms with E-state index in [-0.39, 0.29) is 11.8 Å². The average molecular weight is 245 g/mol. The number of nitrogens with one attached hydrogen (secondary N) is 1. The van der Waals surface area contributed by atoms with Gasteiger partial charge >= 0.3 is 0 Å². The monoisotopic (exact) mass is 245 g/mol. The molecule has 0 aromatic heterocycles. The molecule has 0 saturated heterocycles. The van der Waals surface area contributed by atoms with Gasteiger partial charge < -0.3 is 10.1 Å². The number of carbonyl (C=O) groups excluding carboxylic acids is 1. The molecule has 2 fully saturated rings. The van der Waals surface area contributed by atoms with Crippen LogP contribution in [0.25, 0.3) is 0 Å². The summed E-state index contributed by atoms with van der Waals surface area (Å²) in [5.74, 6) is 2.62. The van der Waals surface area contributed by atoms with Crippen molar-refractivity contribution in [2.75, 3.05) is 12.4 Å². The van der Waals surface area contributed by atoms with Crippen molar-refractivity contribution in [3.05, 3.63) is 24.3 Å². The molecule has 0 aliphatic heterocycles. The van der Waals surface area contributed by atoms with Crippen molar-refractivity contribution in [1.82, 2.24) is 0 Å². The number of carbonyl (C=O) groups is 1. The van der Waals surface area contributed by atoms with E-state index in [2.05, 4.69) is 5.32 Å². The first kappa shape index (κ1) is 11.6. The third kappa shape index (κ3) is 2.09. The van der Waals surface area contributed by atoms with Gasteiger partial charge in [0.05, 0.1) is 7.11 Å². The van der Waals surface area contributed by atoms with Gasteiger partial charge in [-0.05, 0) is 48.9 Å². The fourth-order valence-corrected chi connectivity index (χ4v) is 3.28. The fourth-order valence-electron chi connectivity index (χ4n) is 3.28. The SMILES string of the molecule is COc1ccc(NC(=O)C2C3CCCCC32)cc1. The van der Waals surface area contributed by atoms with Crippen LogP contribution in [0.1, 0.15) is 25.7 Å². The molecule has 2 aliphatic rings. The maximum Gasteiger partial charge on any atom is 0.228 e. The topological polar surface area (TPSA) is 38.3 Å². The van der Waals surface area contributed by atoms with Crippen LogP contribution in [-0.4, -0.2) is 13.0 Å². The second-order valence-electron chi connectivity index (χ2n) is 5.36. The summed E-state index contributed by atoms with van der Waals surface area (Å²) in [5.41, 5.74) is 0.865. The Morgan fingerprint density at radius 1 is 1.17 bits per heavy atom. The van der Waals surface area contributed by atoms with E-state index >= 15 is 0 Å². The Morgan fingerprint density at radius 2 is 1.78 bits per heavy atom. The second-order valence-corrected chi connectivity index (χ2v) is 5.36. The van der Waals surface area contributed by atoms with Crippen LogP contribution in [0.2, 0.25) is 0 Å². The van der Waals surface area contributed by atoms with Crippen LogP contribution >= 0.6 is 0 Å². The molecular weight excluding hydrogens is 226 g/mol. The Morgan fingerprint density at radius 3 is 2.33 bits per heavy atom. The summed E-state index contributed by atoms with van der Waals surface area (Å²) < 4.78 is 5.10. The van der Waals surface area contributed by atoms with E-state index in [0.29, 0.717) is 11.8 Å². The lowest BCUT2D eigenvalue weighted by Crippen LogP contribution is -2.15. The number of fused-ring (bicyclic) bond motifs is 1. The third-order valence-corrected chi connectivity index (χ3v) is 4.32. The lowest BCUT2D eigenvalue weighted by molar-refractivity contribution is -0.117. The van der Waals surface area contributed by atoms with Crippen molar-refractivity contribution >= 4 is 11.6 Å². The largest absolute Gasteiger partial charge is 0.497 e. The number of benzene rings is 1. The molecule has 0 bridgehead atoms. The van der Waals surface area contributed by atoms with Crippen LogP contribution in [0, 0.1) is 17.8 Å². The highest BCUT2D eigenvalue weighted by atomic mass is 16.5. The molecular formula is C15H19NO2. The Labute approximate surface area is 108 Å². The molecule has 0 heterocycles. The summed E-state index contributed by atoms with van der Waals surface area (Å²) in [6.45, 7) is 0. The number of rotatable bonds is 3. The first-order valence-corrected chi connectivity index (χ1v) is 6.74. The van der Waals surface area contributed by atoms with Crippen molar-refractivity contribution < 1.29 is 9.53 Å². The molecule has 1 N–H and O–H groups in total. The minimum absolute atomic E-state index is 0.206. The number of hydrogen-bond donors (Lipinski definition) is 1. The highest BCUT2D eigenvalue weighted by Gasteiger charge is 2.54. The average Bonchev–Trinajstić information content (AvgIpc) is 3.14. The van der Waals surface area contributed by atoms with Crippen molar-refractivity contribution in [3.63, 3.8) is 0 Å². The molecule has 0 spiro atoms. The van der Waals surface area contributed by atoms with Crippen LogP contribution in [0.3, 0.4) is 0 Å². The predicted molar refractivity (Wildman–Crippen MR) is 70.6 cm³/mol. The number of hydrogen-bond acceptors (Lipinski definition) is 2. The van der Waals surface area contributed by atoms with Crippen LogP contribution < -0.4 is 10.1 Å². The predicted octanol–water partition coefficient (Wildman–Crippen LogP) is 3.07. The molecule has 2 aliphatic carbocycles. The Hall–Kier alpha value is -1.51. The van der Waals surface area contributed by atoms with Crippen LogP contribution in [0.5, 0.6) is 5.75 Å². The summed E-state index contributed by atoms with van der Waals surface area (Å²) in [4.78, 5) is 12.2. The van der Waals surface area contributed by atoms with Gasteiger partial charge in [0.25, 0.3) is 0 Å². The molecule has 2 atom stereocenters. The van der Waals surface area contributed by atoms with Crippen molar-refractivity contribution in [1.29, 1.82) is 0 Å². The first-order chi connectivity index (χ1) is 8.79. The lowest BCUT2D eigenvalue weighted by atomic mass is 10.0. The maximum atomic E-state index is 12.2. The quantitative estimate of drug-likeness (QED) is 0.888. The molecule has 2 saturated carbocycles. The molecule has 1 amide bonds. The maximum absolute atomic E-state index is 12.2. The summed E-state index contributed by atoms with van der Waals surface area (Å²) >= 11 is 0. The molecule has 3 rings (SSSR count). The summed E-state index contributed by atoms with van der Waals surface area (Å²) in [6, 6.07) is 7.52. The van der Waals surface area contributed by atoms with E-state index in [1.165, 1.54) is 25.7 Å². The molecule has 18 heavy (non-hydrogen) atoms. The molecule has 0 radical (unpaired) electrons. The molecule has 1 aromatic rings. The number of ether oxygens (including phenoxy) is 1. The van der Waals surface area contributed by atoms with E-state index in [4.69, 9.17) is 4.74 Å². The Kier molecular flexibility index (Phi) is 2.98. The van der Waals surface area contributed by atoms with E-state index in [1.807, 2.05) is 24.3 Å². The van der Waals surface area contributed by atoms with Gasteiger partial charge in [-0.1, -0.05) is 12.8 Å². The van der Waals surface area contributed by atoms with Gasteiger partial charge in [0, 0.05) is 11.6 Å². The van der Waals surface area contributed by atoms with Gasteiger partial charge in [-0.15, -0.1) is 0 Å². The normalized spacial score (nSPS) is 29.3. The standard InChI is InChI=1S/C15H19NO2/c1-18-11-8-6-10(7-9-11)16-15(17)14-12-4-2-3-5-13(12)14/h6-9,12-14H,2-5H2,1H3,(H,16,17).